The van der Waals surface area contributed by atoms with Crippen LogP contribution in [-0.4, -0.2) is 37.3 Å². The van der Waals surface area contributed by atoms with Gasteiger partial charge in [-0.1, -0.05) is 12.1 Å². The Bertz CT molecular complexity index is 684. The molecule has 1 fully saturated rings. The molecule has 2 amide bonds. The van der Waals surface area contributed by atoms with Crippen LogP contribution in [0, 0.1) is 0 Å². The fraction of sp³-hybridized carbons (Fsp3) is 0.429. The number of ketones is 1. The van der Waals surface area contributed by atoms with E-state index in [1.807, 2.05) is 0 Å². The van der Waals surface area contributed by atoms with Crippen LogP contribution in [-0.2, 0) is 9.84 Å². The lowest BCUT2D eigenvalue weighted by Crippen LogP contribution is -2.48. The predicted molar refractivity (Wildman–Crippen MR) is 80.3 cm³/mol. The van der Waals surface area contributed by atoms with Gasteiger partial charge in [0.15, 0.2) is 15.6 Å². The highest BCUT2D eigenvalue weighted by Gasteiger charge is 2.39. The molecule has 2 N–H and O–H groups in total. The first-order valence-electron chi connectivity index (χ1n) is 6.60. The second-order valence-electron chi connectivity index (χ2n) is 5.62. The van der Waals surface area contributed by atoms with Crippen LogP contribution in [0.2, 0.25) is 0 Å². The van der Waals surface area contributed by atoms with Crippen molar-refractivity contribution in [3.63, 3.8) is 0 Å². The van der Waals surface area contributed by atoms with Crippen LogP contribution in [0.3, 0.4) is 0 Å². The van der Waals surface area contributed by atoms with E-state index in [1.54, 1.807) is 31.2 Å². The van der Waals surface area contributed by atoms with Gasteiger partial charge in [0.2, 0.25) is 0 Å². The normalized spacial score (nSPS) is 23.5. The van der Waals surface area contributed by atoms with Gasteiger partial charge in [-0.3, -0.25) is 4.79 Å². The van der Waals surface area contributed by atoms with Crippen LogP contribution in [0.1, 0.15) is 30.6 Å². The number of sulfone groups is 1. The average Bonchev–Trinajstić information content (AvgIpc) is 2.63. The number of urea groups is 1. The monoisotopic (exact) mass is 310 g/mol. The van der Waals surface area contributed by atoms with E-state index in [1.165, 1.54) is 6.92 Å². The van der Waals surface area contributed by atoms with Crippen molar-refractivity contribution in [1.82, 2.24) is 5.32 Å². The molecular formula is C14H18N2O4S. The number of anilines is 1. The molecule has 7 heteroatoms. The van der Waals surface area contributed by atoms with Gasteiger partial charge in [0.05, 0.1) is 17.0 Å². The van der Waals surface area contributed by atoms with E-state index >= 15 is 0 Å². The van der Waals surface area contributed by atoms with Crippen molar-refractivity contribution in [2.45, 2.75) is 25.8 Å². The van der Waals surface area contributed by atoms with Crippen LogP contribution in [0.25, 0.3) is 0 Å². The first-order chi connectivity index (χ1) is 9.69. The molecule has 1 heterocycles. The zero-order chi connectivity index (χ0) is 15.7. The topological polar surface area (TPSA) is 92.3 Å². The third-order valence-electron chi connectivity index (χ3n) is 3.45. The minimum Gasteiger partial charge on any atom is -0.332 e. The first kappa shape index (κ1) is 15.5. The minimum atomic E-state index is -3.08. The lowest BCUT2D eigenvalue weighted by atomic mass is 10.0. The standard InChI is InChI=1S/C14H18N2O4S/c1-10(17)11-4-3-5-12(8-11)15-13(18)16-14(2)6-7-21(19,20)9-14/h3-5,8H,6-7,9H2,1-2H3,(H2,15,16,18). The number of carbonyl (C=O) groups excluding carboxylic acids is 2. The Morgan fingerprint density at radius 1 is 1.29 bits per heavy atom. The zero-order valence-electron chi connectivity index (χ0n) is 12.0. The van der Waals surface area contributed by atoms with Crippen LogP contribution >= 0.6 is 0 Å². The third kappa shape index (κ3) is 4.04. The molecule has 0 spiro atoms. The number of nitrogens with one attached hydrogen (secondary N) is 2. The highest BCUT2D eigenvalue weighted by atomic mass is 32.2. The van der Waals surface area contributed by atoms with E-state index < -0.39 is 21.4 Å². The van der Waals surface area contributed by atoms with Crippen molar-refractivity contribution < 1.29 is 18.0 Å². The molecule has 1 aromatic rings. The Morgan fingerprint density at radius 2 is 2.00 bits per heavy atom. The van der Waals surface area contributed by atoms with Crippen molar-refractivity contribution in [2.24, 2.45) is 0 Å². The van der Waals surface area contributed by atoms with E-state index in [9.17, 15) is 18.0 Å². The van der Waals surface area contributed by atoms with E-state index in [2.05, 4.69) is 10.6 Å². The second-order valence-corrected chi connectivity index (χ2v) is 7.80. The molecule has 0 radical (unpaired) electrons. The second kappa shape index (κ2) is 5.48. The molecule has 0 bridgehead atoms. The molecule has 1 unspecified atom stereocenters. The summed E-state index contributed by atoms with van der Waals surface area (Å²) in [7, 11) is -3.08. The summed E-state index contributed by atoms with van der Waals surface area (Å²) in [5.74, 6) is -0.0577. The van der Waals surface area contributed by atoms with Crippen molar-refractivity contribution >= 4 is 27.3 Å². The van der Waals surface area contributed by atoms with Crippen LogP contribution in [0.4, 0.5) is 10.5 Å². The number of rotatable bonds is 3. The SMILES string of the molecule is CC(=O)c1cccc(NC(=O)NC2(C)CCS(=O)(=O)C2)c1. The highest BCUT2D eigenvalue weighted by Crippen LogP contribution is 2.23. The number of carbonyl (C=O) groups is 2. The molecule has 1 atom stereocenters. The lowest BCUT2D eigenvalue weighted by Gasteiger charge is -2.24. The zero-order valence-corrected chi connectivity index (χ0v) is 12.8. The quantitative estimate of drug-likeness (QED) is 0.829. The molecular weight excluding hydrogens is 292 g/mol. The van der Waals surface area contributed by atoms with Crippen LogP contribution < -0.4 is 10.6 Å². The molecule has 1 aliphatic rings. The molecule has 1 saturated heterocycles. The molecule has 114 valence electrons. The van der Waals surface area contributed by atoms with Crippen molar-refractivity contribution in [3.05, 3.63) is 29.8 Å². The van der Waals surface area contributed by atoms with Gasteiger partial charge in [0.25, 0.3) is 0 Å². The van der Waals surface area contributed by atoms with E-state index in [4.69, 9.17) is 0 Å². The lowest BCUT2D eigenvalue weighted by molar-refractivity contribution is 0.101. The maximum absolute atomic E-state index is 12.0. The Morgan fingerprint density at radius 3 is 2.57 bits per heavy atom. The molecule has 0 aromatic heterocycles. The van der Waals surface area contributed by atoms with Crippen molar-refractivity contribution in [2.75, 3.05) is 16.8 Å². The highest BCUT2D eigenvalue weighted by molar-refractivity contribution is 7.91. The summed E-state index contributed by atoms with van der Waals surface area (Å²) in [5, 5.41) is 5.31. The maximum Gasteiger partial charge on any atom is 0.319 e. The van der Waals surface area contributed by atoms with Gasteiger partial charge < -0.3 is 10.6 Å². The van der Waals surface area contributed by atoms with Gasteiger partial charge in [0.1, 0.15) is 0 Å². The Kier molecular flexibility index (Phi) is 4.04. The number of hydrogen-bond donors (Lipinski definition) is 2. The summed E-state index contributed by atoms with van der Waals surface area (Å²) >= 11 is 0. The number of hydrogen-bond acceptors (Lipinski definition) is 4. The van der Waals surface area contributed by atoms with Crippen LogP contribution in [0.5, 0.6) is 0 Å². The molecule has 0 saturated carbocycles. The van der Waals surface area contributed by atoms with Gasteiger partial charge in [-0.05, 0) is 32.4 Å². The smallest absolute Gasteiger partial charge is 0.319 e. The Hall–Kier alpha value is -1.89. The van der Waals surface area contributed by atoms with Crippen molar-refractivity contribution in [3.8, 4) is 0 Å². The summed E-state index contributed by atoms with van der Waals surface area (Å²) in [4.78, 5) is 23.3. The molecule has 6 nitrogen and oxygen atoms in total. The van der Waals surface area contributed by atoms with E-state index in [0.29, 0.717) is 17.7 Å². The number of benzene rings is 1. The van der Waals surface area contributed by atoms with E-state index in [-0.39, 0.29) is 17.3 Å². The fourth-order valence-corrected chi connectivity index (χ4v) is 4.45. The average molecular weight is 310 g/mol. The fourth-order valence-electron chi connectivity index (χ4n) is 2.36. The molecule has 21 heavy (non-hydrogen) atoms. The summed E-state index contributed by atoms with van der Waals surface area (Å²) in [6.45, 7) is 3.16. The first-order valence-corrected chi connectivity index (χ1v) is 8.42. The summed E-state index contributed by atoms with van der Waals surface area (Å²) in [6.07, 6.45) is 0.399. The van der Waals surface area contributed by atoms with Gasteiger partial charge in [0, 0.05) is 11.3 Å². The third-order valence-corrected chi connectivity index (χ3v) is 5.35. The van der Waals surface area contributed by atoms with Crippen LogP contribution in [0.15, 0.2) is 24.3 Å². The molecule has 2 rings (SSSR count). The number of Topliss-reactive ketones (excluding diaryl/α,β-unsaturated/α-hetero) is 1. The molecule has 0 aliphatic carbocycles. The molecule has 1 aromatic carbocycles. The van der Waals surface area contributed by atoms with Gasteiger partial charge in [-0.2, -0.15) is 0 Å². The maximum atomic E-state index is 12.0. The van der Waals surface area contributed by atoms with E-state index in [0.717, 1.165) is 0 Å². The predicted octanol–water partition coefficient (Wildman–Crippen LogP) is 1.59. The Labute approximate surface area is 123 Å². The van der Waals surface area contributed by atoms with Gasteiger partial charge >= 0.3 is 6.03 Å². The summed E-state index contributed by atoms with van der Waals surface area (Å²) < 4.78 is 23.0. The molecule has 1 aliphatic heterocycles. The largest absolute Gasteiger partial charge is 0.332 e. The summed E-state index contributed by atoms with van der Waals surface area (Å²) in [5.41, 5.74) is 0.244. The number of amides is 2. The minimum absolute atomic E-state index is 0.0547. The van der Waals surface area contributed by atoms with Crippen molar-refractivity contribution in [1.29, 1.82) is 0 Å². The Balaban J connectivity index is 2.02. The van der Waals surface area contributed by atoms with Gasteiger partial charge in [-0.15, -0.1) is 0 Å². The summed E-state index contributed by atoms with van der Waals surface area (Å²) in [6, 6.07) is 6.11. The van der Waals surface area contributed by atoms with Gasteiger partial charge in [-0.25, -0.2) is 13.2 Å².